The number of carbonyl (C=O) groups excluding carboxylic acids is 1. The number of hydrogen-bond acceptors (Lipinski definition) is 6. The van der Waals surface area contributed by atoms with Gasteiger partial charge in [0.25, 0.3) is 5.91 Å². The summed E-state index contributed by atoms with van der Waals surface area (Å²) >= 11 is 0. The second kappa shape index (κ2) is 8.57. The molecule has 1 aromatic rings. The van der Waals surface area contributed by atoms with E-state index in [-0.39, 0.29) is 30.7 Å². The standard InChI is InChI=1S/C20H29N3O5S/c1-29(25,26)22-16-4-3-11-23-17(16)12-27-15-8-6-14(7-9-15)20-18(5-2-10-21-20)28-13-19(23)24/h2,5,10,14-17,22H,3-4,6-9,11-13H2,1H3/t14?,15?,16-,17?/m0/s1. The molecule has 2 bridgehead atoms. The number of nitrogens with one attached hydrogen (secondary N) is 1. The van der Waals surface area contributed by atoms with E-state index in [1.54, 1.807) is 11.1 Å². The van der Waals surface area contributed by atoms with Crippen molar-refractivity contribution in [3.8, 4) is 5.75 Å². The van der Waals surface area contributed by atoms with Crippen molar-refractivity contribution >= 4 is 15.9 Å². The van der Waals surface area contributed by atoms with Crippen LogP contribution in [0.3, 0.4) is 0 Å². The fraction of sp³-hybridized carbons (Fsp3) is 0.700. The van der Waals surface area contributed by atoms with Gasteiger partial charge in [0.1, 0.15) is 5.75 Å². The maximum absolute atomic E-state index is 13.0. The van der Waals surface area contributed by atoms with Crippen LogP contribution < -0.4 is 9.46 Å². The molecule has 0 spiro atoms. The Morgan fingerprint density at radius 2 is 2.00 bits per heavy atom. The minimum atomic E-state index is -3.38. The second-order valence-electron chi connectivity index (χ2n) is 8.28. The third-order valence-electron chi connectivity index (χ3n) is 6.18. The lowest BCUT2D eigenvalue weighted by Crippen LogP contribution is -2.59. The highest BCUT2D eigenvalue weighted by Gasteiger charge is 2.37. The molecule has 1 aliphatic carbocycles. The Morgan fingerprint density at radius 1 is 1.21 bits per heavy atom. The lowest BCUT2D eigenvalue weighted by Gasteiger charge is -2.41. The highest BCUT2D eigenvalue weighted by molar-refractivity contribution is 7.88. The molecule has 29 heavy (non-hydrogen) atoms. The van der Waals surface area contributed by atoms with Crippen molar-refractivity contribution in [1.82, 2.24) is 14.6 Å². The number of rotatable bonds is 2. The third kappa shape index (κ3) is 4.90. The van der Waals surface area contributed by atoms with Gasteiger partial charge in [-0.2, -0.15) is 0 Å². The van der Waals surface area contributed by atoms with Crippen LogP contribution >= 0.6 is 0 Å². The van der Waals surface area contributed by atoms with Gasteiger partial charge in [-0.1, -0.05) is 0 Å². The summed E-state index contributed by atoms with van der Waals surface area (Å²) in [5, 5.41) is 0. The predicted octanol–water partition coefficient (Wildman–Crippen LogP) is 1.43. The molecule has 4 heterocycles. The summed E-state index contributed by atoms with van der Waals surface area (Å²) in [6.45, 7) is 0.821. The number of pyridine rings is 1. The van der Waals surface area contributed by atoms with E-state index in [1.165, 1.54) is 0 Å². The van der Waals surface area contributed by atoms with Crippen LogP contribution in [0.15, 0.2) is 18.3 Å². The Labute approximate surface area is 172 Å². The van der Waals surface area contributed by atoms with E-state index >= 15 is 0 Å². The van der Waals surface area contributed by atoms with Crippen molar-refractivity contribution in [2.24, 2.45) is 0 Å². The molecule has 0 aromatic carbocycles. The number of ether oxygens (including phenoxy) is 2. The summed E-state index contributed by atoms with van der Waals surface area (Å²) < 4.78 is 38.5. The number of fused-ring (bicyclic) bond motifs is 5. The highest BCUT2D eigenvalue weighted by Crippen LogP contribution is 2.37. The maximum Gasteiger partial charge on any atom is 0.260 e. The van der Waals surface area contributed by atoms with E-state index in [1.807, 2.05) is 12.1 Å². The first-order valence-corrected chi connectivity index (χ1v) is 12.3. The second-order valence-corrected chi connectivity index (χ2v) is 10.1. The Kier molecular flexibility index (Phi) is 6.08. The normalized spacial score (nSPS) is 30.9. The average Bonchev–Trinajstić information content (AvgIpc) is 2.71. The zero-order valence-electron chi connectivity index (χ0n) is 16.7. The van der Waals surface area contributed by atoms with E-state index in [0.29, 0.717) is 31.2 Å². The first-order valence-electron chi connectivity index (χ1n) is 10.4. The summed E-state index contributed by atoms with van der Waals surface area (Å²) in [4.78, 5) is 19.3. The molecule has 5 rings (SSSR count). The van der Waals surface area contributed by atoms with Crippen LogP contribution in [0, 0.1) is 0 Å². The number of sulfonamides is 1. The third-order valence-corrected chi connectivity index (χ3v) is 6.91. The van der Waals surface area contributed by atoms with Gasteiger partial charge in [-0.3, -0.25) is 9.78 Å². The van der Waals surface area contributed by atoms with Crippen molar-refractivity contribution in [1.29, 1.82) is 0 Å². The zero-order valence-corrected chi connectivity index (χ0v) is 17.6. The predicted molar refractivity (Wildman–Crippen MR) is 107 cm³/mol. The van der Waals surface area contributed by atoms with Crippen LogP contribution in [0.5, 0.6) is 5.75 Å². The van der Waals surface area contributed by atoms with Crippen molar-refractivity contribution in [2.75, 3.05) is 26.0 Å². The molecule has 9 heteroatoms. The molecule has 160 valence electrons. The van der Waals surface area contributed by atoms with Gasteiger partial charge in [-0.05, 0) is 50.7 Å². The summed E-state index contributed by atoms with van der Waals surface area (Å²) in [5.41, 5.74) is 0.921. The number of carbonyl (C=O) groups is 1. The summed E-state index contributed by atoms with van der Waals surface area (Å²) in [6, 6.07) is 3.02. The lowest BCUT2D eigenvalue weighted by atomic mass is 9.84. The van der Waals surface area contributed by atoms with E-state index < -0.39 is 10.0 Å². The van der Waals surface area contributed by atoms with Crippen LogP contribution in [0.25, 0.3) is 0 Å². The summed E-state index contributed by atoms with van der Waals surface area (Å²) in [5.74, 6) is 0.827. The highest BCUT2D eigenvalue weighted by atomic mass is 32.2. The van der Waals surface area contributed by atoms with Crippen LogP contribution in [0.2, 0.25) is 0 Å². The molecule has 4 aliphatic rings. The largest absolute Gasteiger partial charge is 0.482 e. The summed E-state index contributed by atoms with van der Waals surface area (Å²) in [7, 11) is -3.38. The van der Waals surface area contributed by atoms with Crippen molar-refractivity contribution < 1.29 is 22.7 Å². The van der Waals surface area contributed by atoms with Gasteiger partial charge in [0, 0.05) is 24.7 Å². The van der Waals surface area contributed by atoms with Crippen LogP contribution in [-0.2, 0) is 19.6 Å². The molecule has 1 N–H and O–H groups in total. The number of amides is 1. The van der Waals surface area contributed by atoms with Gasteiger partial charge >= 0.3 is 0 Å². The van der Waals surface area contributed by atoms with Crippen molar-refractivity contribution in [2.45, 2.75) is 62.6 Å². The van der Waals surface area contributed by atoms with Crippen LogP contribution in [-0.4, -0.2) is 68.4 Å². The molecule has 1 amide bonds. The van der Waals surface area contributed by atoms with Gasteiger partial charge in [0.15, 0.2) is 6.61 Å². The van der Waals surface area contributed by atoms with E-state index in [0.717, 1.165) is 44.1 Å². The Bertz CT molecular complexity index is 838. The first kappa shape index (κ1) is 20.6. The maximum atomic E-state index is 13.0. The fourth-order valence-electron chi connectivity index (χ4n) is 4.78. The molecule has 1 unspecified atom stereocenters. The zero-order chi connectivity index (χ0) is 20.4. The van der Waals surface area contributed by atoms with E-state index in [9.17, 15) is 13.2 Å². The molecule has 1 saturated heterocycles. The number of aromatic nitrogens is 1. The number of hydrogen-bond donors (Lipinski definition) is 1. The molecule has 3 aliphatic heterocycles. The monoisotopic (exact) mass is 423 g/mol. The van der Waals surface area contributed by atoms with Gasteiger partial charge in [0.2, 0.25) is 10.0 Å². The molecule has 2 atom stereocenters. The Hall–Kier alpha value is -1.71. The Balaban J connectivity index is 1.61. The SMILES string of the molecule is CS(=O)(=O)N[C@H]1CCCN2C(=O)COc3cccnc3C3CCC(CC3)OCC12. The van der Waals surface area contributed by atoms with E-state index in [2.05, 4.69) is 9.71 Å². The number of nitrogens with zero attached hydrogens (tertiary/aromatic N) is 2. The van der Waals surface area contributed by atoms with Crippen LogP contribution in [0.1, 0.15) is 50.1 Å². The minimum Gasteiger partial charge on any atom is -0.482 e. The van der Waals surface area contributed by atoms with Crippen molar-refractivity contribution in [3.05, 3.63) is 24.0 Å². The molecule has 1 aromatic heterocycles. The topological polar surface area (TPSA) is 97.8 Å². The smallest absolute Gasteiger partial charge is 0.260 e. The summed E-state index contributed by atoms with van der Waals surface area (Å²) in [6.07, 6.45) is 8.24. The van der Waals surface area contributed by atoms with Crippen molar-refractivity contribution in [3.63, 3.8) is 0 Å². The quantitative estimate of drug-likeness (QED) is 0.773. The minimum absolute atomic E-state index is 0.0864. The van der Waals surface area contributed by atoms with Gasteiger partial charge in [-0.15, -0.1) is 0 Å². The average molecular weight is 424 g/mol. The Morgan fingerprint density at radius 3 is 2.76 bits per heavy atom. The molecular weight excluding hydrogens is 394 g/mol. The first-order chi connectivity index (χ1) is 13.9. The fourth-order valence-corrected chi connectivity index (χ4v) is 5.60. The van der Waals surface area contributed by atoms with Crippen LogP contribution in [0.4, 0.5) is 0 Å². The molecular formula is C20H29N3O5S. The molecule has 8 nitrogen and oxygen atoms in total. The number of piperidine rings is 1. The molecule has 0 radical (unpaired) electrons. The molecule has 2 fully saturated rings. The molecule has 1 saturated carbocycles. The van der Waals surface area contributed by atoms with Gasteiger partial charge in [-0.25, -0.2) is 13.1 Å². The lowest BCUT2D eigenvalue weighted by molar-refractivity contribution is -0.140. The van der Waals surface area contributed by atoms with E-state index in [4.69, 9.17) is 9.47 Å². The van der Waals surface area contributed by atoms with Gasteiger partial charge < -0.3 is 14.4 Å². The van der Waals surface area contributed by atoms with Gasteiger partial charge in [0.05, 0.1) is 30.7 Å².